The number of thioether (sulfide) groups is 1. The van der Waals surface area contributed by atoms with Crippen molar-refractivity contribution in [3.8, 4) is 5.75 Å². The number of ether oxygens (including phenoxy) is 1. The second-order valence-corrected chi connectivity index (χ2v) is 7.69. The lowest BCUT2D eigenvalue weighted by molar-refractivity contribution is 0.0953. The topological polar surface area (TPSA) is 38.3 Å². The summed E-state index contributed by atoms with van der Waals surface area (Å²) in [5, 5.41) is 2.91. The summed E-state index contributed by atoms with van der Waals surface area (Å²) in [5.74, 6) is 1.28. The molecule has 0 unspecified atom stereocenters. The van der Waals surface area contributed by atoms with Gasteiger partial charge >= 0.3 is 0 Å². The Kier molecular flexibility index (Phi) is 8.13. The summed E-state index contributed by atoms with van der Waals surface area (Å²) >= 11 is 1.75. The van der Waals surface area contributed by atoms with Gasteiger partial charge in [-0.3, -0.25) is 4.79 Å². The zero-order valence-corrected chi connectivity index (χ0v) is 17.0. The Labute approximate surface area is 175 Å². The van der Waals surface area contributed by atoms with Gasteiger partial charge in [-0.25, -0.2) is 4.39 Å². The molecule has 0 spiro atoms. The molecule has 3 nitrogen and oxygen atoms in total. The fraction of sp³-hybridized carbons (Fsp3) is 0.208. The van der Waals surface area contributed by atoms with Crippen LogP contribution in [0.3, 0.4) is 0 Å². The van der Waals surface area contributed by atoms with Gasteiger partial charge in [-0.05, 0) is 66.9 Å². The standard InChI is InChI=1S/C24H24FNO2S/c25-21-12-8-19(9-13-21)5-4-16-26-24(27)20-10-14-22(15-11-20)28-17-18-29-23-6-2-1-3-7-23/h1-3,6-15H,4-5,16-18H2,(H,26,27). The molecule has 0 aliphatic rings. The Morgan fingerprint density at radius 2 is 1.66 bits per heavy atom. The number of aryl methyl sites for hydroxylation is 1. The second-order valence-electron chi connectivity index (χ2n) is 6.52. The summed E-state index contributed by atoms with van der Waals surface area (Å²) in [4.78, 5) is 13.4. The highest BCUT2D eigenvalue weighted by atomic mass is 32.2. The van der Waals surface area contributed by atoms with Crippen LogP contribution in [0.2, 0.25) is 0 Å². The zero-order chi connectivity index (χ0) is 20.3. The monoisotopic (exact) mass is 409 g/mol. The number of carbonyl (C=O) groups excluding carboxylic acids is 1. The van der Waals surface area contributed by atoms with E-state index in [1.165, 1.54) is 17.0 Å². The van der Waals surface area contributed by atoms with Crippen LogP contribution < -0.4 is 10.1 Å². The van der Waals surface area contributed by atoms with Gasteiger partial charge in [0.15, 0.2) is 0 Å². The maximum atomic E-state index is 12.9. The van der Waals surface area contributed by atoms with Gasteiger partial charge in [-0.15, -0.1) is 11.8 Å². The molecular weight excluding hydrogens is 385 g/mol. The Morgan fingerprint density at radius 1 is 0.931 bits per heavy atom. The molecule has 1 N–H and O–H groups in total. The first-order valence-electron chi connectivity index (χ1n) is 9.64. The fourth-order valence-electron chi connectivity index (χ4n) is 2.79. The van der Waals surface area contributed by atoms with Crippen molar-refractivity contribution in [3.05, 3.63) is 95.8 Å². The van der Waals surface area contributed by atoms with Gasteiger partial charge in [0.1, 0.15) is 11.6 Å². The first-order valence-corrected chi connectivity index (χ1v) is 10.6. The van der Waals surface area contributed by atoms with Crippen LogP contribution in [-0.4, -0.2) is 24.8 Å². The Balaban J connectivity index is 1.34. The summed E-state index contributed by atoms with van der Waals surface area (Å²) in [6, 6.07) is 23.9. The number of carbonyl (C=O) groups is 1. The average Bonchev–Trinajstić information content (AvgIpc) is 2.76. The molecule has 0 aromatic heterocycles. The first-order chi connectivity index (χ1) is 14.2. The lowest BCUT2D eigenvalue weighted by Crippen LogP contribution is -2.24. The number of rotatable bonds is 10. The fourth-order valence-corrected chi connectivity index (χ4v) is 3.54. The normalized spacial score (nSPS) is 10.5. The van der Waals surface area contributed by atoms with Crippen LogP contribution >= 0.6 is 11.8 Å². The SMILES string of the molecule is O=C(NCCCc1ccc(F)cc1)c1ccc(OCCSc2ccccc2)cc1. The molecule has 5 heteroatoms. The van der Waals surface area contributed by atoms with E-state index >= 15 is 0 Å². The number of benzene rings is 3. The molecule has 0 aliphatic carbocycles. The summed E-state index contributed by atoms with van der Waals surface area (Å²) in [6.07, 6.45) is 1.60. The highest BCUT2D eigenvalue weighted by Crippen LogP contribution is 2.18. The molecule has 0 bridgehead atoms. The maximum absolute atomic E-state index is 12.9. The summed E-state index contributed by atoms with van der Waals surface area (Å²) < 4.78 is 18.6. The van der Waals surface area contributed by atoms with E-state index in [4.69, 9.17) is 4.74 Å². The molecule has 3 aromatic carbocycles. The van der Waals surface area contributed by atoms with Crippen molar-refractivity contribution < 1.29 is 13.9 Å². The third-order valence-corrected chi connectivity index (χ3v) is 5.30. The first kappa shape index (κ1) is 20.9. The van der Waals surface area contributed by atoms with Crippen LogP contribution in [-0.2, 0) is 6.42 Å². The average molecular weight is 410 g/mol. The van der Waals surface area contributed by atoms with E-state index in [9.17, 15) is 9.18 Å². The van der Waals surface area contributed by atoms with E-state index in [-0.39, 0.29) is 11.7 Å². The van der Waals surface area contributed by atoms with Gasteiger partial charge in [0, 0.05) is 22.8 Å². The van der Waals surface area contributed by atoms with Gasteiger partial charge in [0.25, 0.3) is 5.91 Å². The molecule has 0 heterocycles. The van der Waals surface area contributed by atoms with E-state index < -0.39 is 0 Å². The van der Waals surface area contributed by atoms with E-state index in [2.05, 4.69) is 17.4 Å². The number of hydrogen-bond donors (Lipinski definition) is 1. The minimum absolute atomic E-state index is 0.102. The van der Waals surface area contributed by atoms with Crippen LogP contribution in [0.5, 0.6) is 5.75 Å². The molecule has 0 atom stereocenters. The van der Waals surface area contributed by atoms with E-state index in [1.807, 2.05) is 30.3 Å². The van der Waals surface area contributed by atoms with Gasteiger partial charge in [0.05, 0.1) is 6.61 Å². The molecule has 0 saturated carbocycles. The lowest BCUT2D eigenvalue weighted by atomic mass is 10.1. The molecule has 0 radical (unpaired) electrons. The largest absolute Gasteiger partial charge is 0.493 e. The van der Waals surface area contributed by atoms with Crippen LogP contribution in [0.1, 0.15) is 22.3 Å². The molecule has 3 aromatic rings. The molecular formula is C24H24FNO2S. The highest BCUT2D eigenvalue weighted by molar-refractivity contribution is 7.99. The summed E-state index contributed by atoms with van der Waals surface area (Å²) in [7, 11) is 0. The van der Waals surface area contributed by atoms with Gasteiger partial charge < -0.3 is 10.1 Å². The zero-order valence-electron chi connectivity index (χ0n) is 16.1. The van der Waals surface area contributed by atoms with Crippen molar-refractivity contribution in [2.75, 3.05) is 18.9 Å². The van der Waals surface area contributed by atoms with Crippen molar-refractivity contribution in [2.24, 2.45) is 0 Å². The van der Waals surface area contributed by atoms with E-state index in [1.54, 1.807) is 36.0 Å². The van der Waals surface area contributed by atoms with Crippen molar-refractivity contribution in [2.45, 2.75) is 17.7 Å². The number of halogens is 1. The van der Waals surface area contributed by atoms with Gasteiger partial charge in [-0.2, -0.15) is 0 Å². The van der Waals surface area contributed by atoms with Crippen molar-refractivity contribution in [3.63, 3.8) is 0 Å². The Hall–Kier alpha value is -2.79. The quantitative estimate of drug-likeness (QED) is 0.362. The Bertz CT molecular complexity index is 883. The highest BCUT2D eigenvalue weighted by Gasteiger charge is 2.05. The predicted molar refractivity (Wildman–Crippen MR) is 116 cm³/mol. The van der Waals surface area contributed by atoms with Crippen LogP contribution in [0, 0.1) is 5.82 Å². The van der Waals surface area contributed by atoms with Crippen LogP contribution in [0.4, 0.5) is 4.39 Å². The summed E-state index contributed by atoms with van der Waals surface area (Å²) in [5.41, 5.74) is 1.67. The van der Waals surface area contributed by atoms with Gasteiger partial charge in [-0.1, -0.05) is 30.3 Å². The third-order valence-electron chi connectivity index (χ3n) is 4.32. The second kappa shape index (κ2) is 11.3. The van der Waals surface area contributed by atoms with Crippen LogP contribution in [0.25, 0.3) is 0 Å². The maximum Gasteiger partial charge on any atom is 0.251 e. The number of hydrogen-bond acceptors (Lipinski definition) is 3. The molecule has 0 fully saturated rings. The molecule has 0 saturated heterocycles. The van der Waals surface area contributed by atoms with Crippen molar-refractivity contribution in [1.82, 2.24) is 5.32 Å². The minimum Gasteiger partial charge on any atom is -0.493 e. The lowest BCUT2D eigenvalue weighted by Gasteiger charge is -2.08. The smallest absolute Gasteiger partial charge is 0.251 e. The molecule has 0 aliphatic heterocycles. The van der Waals surface area contributed by atoms with Gasteiger partial charge in [0.2, 0.25) is 0 Å². The number of amides is 1. The summed E-state index contributed by atoms with van der Waals surface area (Å²) in [6.45, 7) is 1.18. The molecule has 1 amide bonds. The third kappa shape index (κ3) is 7.27. The van der Waals surface area contributed by atoms with E-state index in [0.29, 0.717) is 18.7 Å². The Morgan fingerprint density at radius 3 is 2.38 bits per heavy atom. The van der Waals surface area contributed by atoms with E-state index in [0.717, 1.165) is 29.9 Å². The minimum atomic E-state index is -0.232. The van der Waals surface area contributed by atoms with Crippen molar-refractivity contribution >= 4 is 17.7 Å². The van der Waals surface area contributed by atoms with Crippen molar-refractivity contribution in [1.29, 1.82) is 0 Å². The van der Waals surface area contributed by atoms with Crippen LogP contribution in [0.15, 0.2) is 83.8 Å². The predicted octanol–water partition coefficient (Wildman–Crippen LogP) is 5.36. The number of nitrogens with one attached hydrogen (secondary N) is 1. The molecule has 150 valence electrons. The molecule has 3 rings (SSSR count). The molecule has 29 heavy (non-hydrogen) atoms.